The van der Waals surface area contributed by atoms with Gasteiger partial charge >= 0.3 is 0 Å². The van der Waals surface area contributed by atoms with Gasteiger partial charge < -0.3 is 4.57 Å². The Morgan fingerprint density at radius 2 is 1.23 bits per heavy atom. The normalized spacial score (nSPS) is 11.7. The van der Waals surface area contributed by atoms with Crippen LogP contribution in [0.4, 0.5) is 0 Å². The van der Waals surface area contributed by atoms with E-state index in [0.717, 1.165) is 6.54 Å². The van der Waals surface area contributed by atoms with Crippen molar-refractivity contribution in [1.29, 1.82) is 0 Å². The molecule has 0 unspecified atom stereocenters. The summed E-state index contributed by atoms with van der Waals surface area (Å²) in [7, 11) is 0. The molecule has 6 rings (SSSR count). The van der Waals surface area contributed by atoms with Crippen molar-refractivity contribution in [2.45, 2.75) is 46.1 Å². The molecule has 0 atom stereocenters. The van der Waals surface area contributed by atoms with Crippen LogP contribution in [-0.2, 0) is 6.54 Å². The summed E-state index contributed by atoms with van der Waals surface area (Å²) in [6.45, 7) is 5.51. The van der Waals surface area contributed by atoms with E-state index in [4.69, 9.17) is 0 Å². The highest BCUT2D eigenvalue weighted by Crippen LogP contribution is 2.45. The second kappa shape index (κ2) is 9.36. The molecular formula is C33H31NS. The van der Waals surface area contributed by atoms with Crippen LogP contribution in [0.5, 0.6) is 0 Å². The monoisotopic (exact) mass is 473 g/mol. The molecule has 0 N–H and O–H groups in total. The first-order chi connectivity index (χ1) is 17.2. The standard InChI is InChI=1S/C33H31NS/c1-3-4-5-10-21-34-30-14-9-8-11-26(30)29-22-25(19-20-31(29)34)33-28-13-7-6-12-27(28)32(35-33)24-17-15-23(2)16-18-24/h6-9,11-20,22H,3-5,10,21H2,1-2H3. The Kier molecular flexibility index (Phi) is 5.91. The van der Waals surface area contributed by atoms with Gasteiger partial charge in [-0.3, -0.25) is 0 Å². The molecule has 6 aromatic rings. The molecule has 0 bridgehead atoms. The van der Waals surface area contributed by atoms with Gasteiger partial charge in [0.2, 0.25) is 0 Å². The first-order valence-corrected chi connectivity index (χ1v) is 13.7. The fourth-order valence-corrected chi connectivity index (χ4v) is 6.64. The largest absolute Gasteiger partial charge is 0.340 e. The maximum absolute atomic E-state index is 2.54. The molecule has 174 valence electrons. The van der Waals surface area contributed by atoms with Crippen molar-refractivity contribution in [2.24, 2.45) is 0 Å². The van der Waals surface area contributed by atoms with Gasteiger partial charge in [0.05, 0.1) is 0 Å². The quantitative estimate of drug-likeness (QED) is 0.203. The topological polar surface area (TPSA) is 4.93 Å². The number of unbranched alkanes of at least 4 members (excludes halogenated alkanes) is 3. The predicted molar refractivity (Wildman–Crippen MR) is 155 cm³/mol. The Balaban J connectivity index is 1.50. The molecule has 0 saturated heterocycles. The number of nitrogens with zero attached hydrogens (tertiary/aromatic N) is 1. The number of thiophene rings is 1. The first kappa shape index (κ1) is 22.1. The third-order valence-corrected chi connectivity index (χ3v) is 8.52. The fraction of sp³-hybridized carbons (Fsp3) is 0.212. The summed E-state index contributed by atoms with van der Waals surface area (Å²) in [6.07, 6.45) is 5.12. The lowest BCUT2D eigenvalue weighted by molar-refractivity contribution is 0.602. The van der Waals surface area contributed by atoms with Crippen LogP contribution in [0.2, 0.25) is 0 Å². The SMILES string of the molecule is CCCCCCn1c2ccccc2c2cc(-c3sc(-c4ccc(C)cc4)c4ccccc34)ccc21. The van der Waals surface area contributed by atoms with E-state index in [1.165, 1.54) is 84.7 Å². The van der Waals surface area contributed by atoms with Gasteiger partial charge in [-0.1, -0.05) is 105 Å². The molecule has 0 aliphatic rings. The van der Waals surface area contributed by atoms with Crippen LogP contribution in [0.25, 0.3) is 53.5 Å². The molecule has 4 aromatic carbocycles. The van der Waals surface area contributed by atoms with E-state index < -0.39 is 0 Å². The van der Waals surface area contributed by atoms with Crippen LogP contribution in [0, 0.1) is 6.92 Å². The van der Waals surface area contributed by atoms with Gasteiger partial charge in [0, 0.05) is 48.9 Å². The average Bonchev–Trinajstić information content (AvgIpc) is 3.43. The van der Waals surface area contributed by atoms with Crippen molar-refractivity contribution >= 4 is 43.9 Å². The molecule has 0 spiro atoms. The summed E-state index contributed by atoms with van der Waals surface area (Å²) in [4.78, 5) is 2.71. The second-order valence-corrected chi connectivity index (χ2v) is 10.7. The zero-order valence-electron chi connectivity index (χ0n) is 20.6. The van der Waals surface area contributed by atoms with Gasteiger partial charge in [-0.2, -0.15) is 0 Å². The Morgan fingerprint density at radius 1 is 0.600 bits per heavy atom. The number of para-hydroxylation sites is 1. The Bertz CT molecular complexity index is 1630. The van der Waals surface area contributed by atoms with Gasteiger partial charge in [0.15, 0.2) is 0 Å². The highest BCUT2D eigenvalue weighted by Gasteiger charge is 2.16. The van der Waals surface area contributed by atoms with E-state index >= 15 is 0 Å². The number of fused-ring (bicyclic) bond motifs is 4. The number of aromatic nitrogens is 1. The highest BCUT2D eigenvalue weighted by atomic mass is 32.1. The lowest BCUT2D eigenvalue weighted by atomic mass is 10.0. The molecule has 0 aliphatic heterocycles. The van der Waals surface area contributed by atoms with Gasteiger partial charge in [-0.25, -0.2) is 0 Å². The maximum Gasteiger partial charge on any atom is 0.0491 e. The minimum atomic E-state index is 1.09. The molecule has 2 heteroatoms. The van der Waals surface area contributed by atoms with Crippen molar-refractivity contribution in [3.05, 3.63) is 96.6 Å². The zero-order valence-corrected chi connectivity index (χ0v) is 21.4. The lowest BCUT2D eigenvalue weighted by Crippen LogP contribution is -1.97. The van der Waals surface area contributed by atoms with Crippen LogP contribution in [0.1, 0.15) is 38.2 Å². The van der Waals surface area contributed by atoms with Crippen molar-refractivity contribution in [3.8, 4) is 20.9 Å². The molecule has 0 amide bonds. The molecule has 0 radical (unpaired) electrons. The van der Waals surface area contributed by atoms with Crippen molar-refractivity contribution in [2.75, 3.05) is 0 Å². The molecule has 0 fully saturated rings. The van der Waals surface area contributed by atoms with Crippen molar-refractivity contribution in [3.63, 3.8) is 0 Å². The number of aryl methyl sites for hydroxylation is 2. The number of hydrogen-bond donors (Lipinski definition) is 0. The van der Waals surface area contributed by atoms with Crippen molar-refractivity contribution < 1.29 is 0 Å². The number of benzene rings is 4. The zero-order chi connectivity index (χ0) is 23.8. The Morgan fingerprint density at radius 3 is 1.97 bits per heavy atom. The summed E-state index contributed by atoms with van der Waals surface area (Å²) < 4.78 is 2.54. The Hall–Kier alpha value is -3.36. The molecule has 0 aliphatic carbocycles. The first-order valence-electron chi connectivity index (χ1n) is 12.8. The van der Waals surface area contributed by atoms with E-state index in [9.17, 15) is 0 Å². The molecule has 2 heterocycles. The summed E-state index contributed by atoms with van der Waals surface area (Å²) >= 11 is 1.92. The number of hydrogen-bond acceptors (Lipinski definition) is 1. The minimum absolute atomic E-state index is 1.09. The van der Waals surface area contributed by atoms with Gasteiger partial charge in [0.1, 0.15) is 0 Å². The van der Waals surface area contributed by atoms with Crippen LogP contribution in [-0.4, -0.2) is 4.57 Å². The predicted octanol–water partition coefficient (Wildman–Crippen LogP) is 10.2. The van der Waals surface area contributed by atoms with Crippen LogP contribution < -0.4 is 0 Å². The van der Waals surface area contributed by atoms with E-state index in [1.54, 1.807) is 0 Å². The van der Waals surface area contributed by atoms with Gasteiger partial charge in [0.25, 0.3) is 0 Å². The summed E-state index contributed by atoms with van der Waals surface area (Å²) in [5.41, 5.74) is 6.61. The van der Waals surface area contributed by atoms with Crippen LogP contribution >= 0.6 is 11.3 Å². The number of rotatable bonds is 7. The molecule has 0 saturated carbocycles. The Labute approximate surface area is 211 Å². The van der Waals surface area contributed by atoms with E-state index in [2.05, 4.69) is 109 Å². The molecule has 35 heavy (non-hydrogen) atoms. The smallest absolute Gasteiger partial charge is 0.0491 e. The van der Waals surface area contributed by atoms with Gasteiger partial charge in [-0.15, -0.1) is 11.3 Å². The fourth-order valence-electron chi connectivity index (χ4n) is 5.36. The third kappa shape index (κ3) is 3.96. The van der Waals surface area contributed by atoms with Gasteiger partial charge in [-0.05, 0) is 42.7 Å². The van der Waals surface area contributed by atoms with Crippen LogP contribution in [0.15, 0.2) is 91.0 Å². The lowest BCUT2D eigenvalue weighted by Gasteiger charge is -2.08. The third-order valence-electron chi connectivity index (χ3n) is 7.20. The molecule has 2 aromatic heterocycles. The minimum Gasteiger partial charge on any atom is -0.340 e. The van der Waals surface area contributed by atoms with Crippen LogP contribution in [0.3, 0.4) is 0 Å². The highest BCUT2D eigenvalue weighted by molar-refractivity contribution is 7.21. The average molecular weight is 474 g/mol. The molecular weight excluding hydrogens is 442 g/mol. The van der Waals surface area contributed by atoms with E-state index in [1.807, 2.05) is 11.3 Å². The summed E-state index contributed by atoms with van der Waals surface area (Å²) in [6, 6.07) is 33.8. The molecule has 1 nitrogen and oxygen atoms in total. The van der Waals surface area contributed by atoms with E-state index in [0.29, 0.717) is 0 Å². The summed E-state index contributed by atoms with van der Waals surface area (Å²) in [5.74, 6) is 0. The second-order valence-electron chi connectivity index (χ2n) is 9.63. The summed E-state index contributed by atoms with van der Waals surface area (Å²) in [5, 5.41) is 5.41. The van der Waals surface area contributed by atoms with E-state index in [-0.39, 0.29) is 0 Å². The van der Waals surface area contributed by atoms with Crippen molar-refractivity contribution in [1.82, 2.24) is 4.57 Å². The maximum atomic E-state index is 2.54.